The molecule has 0 spiro atoms. The molecule has 0 saturated carbocycles. The summed E-state index contributed by atoms with van der Waals surface area (Å²) in [6.07, 6.45) is 0. The van der Waals surface area contributed by atoms with Gasteiger partial charge in [-0.05, 0) is 44.4 Å². The van der Waals surface area contributed by atoms with E-state index < -0.39 is 0 Å². The maximum atomic E-state index is 2.27. The van der Waals surface area contributed by atoms with E-state index in [4.69, 9.17) is 0 Å². The van der Waals surface area contributed by atoms with Crippen LogP contribution in [0, 0.1) is 0 Å². The minimum Gasteiger partial charge on any atom is -1.00 e. The molecule has 0 bridgehead atoms. The summed E-state index contributed by atoms with van der Waals surface area (Å²) in [4.78, 5) is 0. The topological polar surface area (TPSA) is 0 Å². The molecular formula is C9H16Cl2SiZr. The van der Waals surface area contributed by atoms with Gasteiger partial charge in [-0.25, -0.2) is 0 Å². The molecule has 0 aromatic rings. The summed E-state index contributed by atoms with van der Waals surface area (Å²) in [6.45, 7) is 9.03. The van der Waals surface area contributed by atoms with Crippen molar-refractivity contribution in [1.29, 1.82) is 0 Å². The van der Waals surface area contributed by atoms with E-state index in [1.807, 2.05) is 0 Å². The Morgan fingerprint density at radius 1 is 0.846 bits per heavy atom. The Morgan fingerprint density at radius 3 is 1.15 bits per heavy atom. The van der Waals surface area contributed by atoms with Crippen molar-refractivity contribution in [3.05, 3.63) is 22.3 Å². The van der Waals surface area contributed by atoms with E-state index in [0.29, 0.717) is 0 Å². The molecule has 0 atom stereocenters. The van der Waals surface area contributed by atoms with Gasteiger partial charge in [0.05, 0.1) is 0 Å². The average Bonchev–Trinajstić information content (AvgIpc) is 2.07. The van der Waals surface area contributed by atoms with Gasteiger partial charge in [-0.3, -0.25) is 0 Å². The third-order valence-electron chi connectivity index (χ3n) is 3.04. The first-order chi connectivity index (χ1) is 4.55. The van der Waals surface area contributed by atoms with Crippen molar-refractivity contribution < 1.29 is 51.0 Å². The molecule has 1 rings (SSSR count). The molecule has 0 fully saturated rings. The van der Waals surface area contributed by atoms with Crippen LogP contribution in [0.25, 0.3) is 0 Å². The zero-order valence-corrected chi connectivity index (χ0v) is 14.8. The molecule has 13 heavy (non-hydrogen) atoms. The molecule has 0 nitrogen and oxygen atoms in total. The molecule has 0 heterocycles. The van der Waals surface area contributed by atoms with Crippen LogP contribution in [0.5, 0.6) is 0 Å². The van der Waals surface area contributed by atoms with Crippen LogP contribution in [-0.4, -0.2) is 10.2 Å². The fraction of sp³-hybridized carbons (Fsp3) is 0.556. The summed E-state index contributed by atoms with van der Waals surface area (Å²) in [6, 6.07) is 0. The molecule has 0 saturated heterocycles. The number of hydrogen-bond donors (Lipinski definition) is 0. The van der Waals surface area contributed by atoms with Crippen LogP contribution in [0.1, 0.15) is 27.7 Å². The smallest absolute Gasteiger partial charge is 1.00 e. The molecule has 0 unspecified atom stereocenters. The van der Waals surface area contributed by atoms with Gasteiger partial charge in [0.15, 0.2) is 0 Å². The first-order valence-electron chi connectivity index (χ1n) is 3.90. The Kier molecular flexibility index (Phi) is 11.3. The molecule has 1 aliphatic rings. The normalized spacial score (nSPS) is 16.6. The molecule has 0 radical (unpaired) electrons. The summed E-state index contributed by atoms with van der Waals surface area (Å²) in [7, 11) is 1.28. The molecule has 1 aliphatic carbocycles. The van der Waals surface area contributed by atoms with Gasteiger partial charge in [0.25, 0.3) is 0 Å². The zero-order chi connectivity index (χ0) is 7.89. The van der Waals surface area contributed by atoms with Crippen LogP contribution in [0.3, 0.4) is 0 Å². The Morgan fingerprint density at radius 2 is 1.08 bits per heavy atom. The van der Waals surface area contributed by atoms with E-state index in [1.54, 1.807) is 11.1 Å². The van der Waals surface area contributed by atoms with Crippen molar-refractivity contribution in [2.75, 3.05) is 0 Å². The van der Waals surface area contributed by atoms with Gasteiger partial charge >= 0.3 is 26.2 Å². The Hall–Kier alpha value is 1.16. The van der Waals surface area contributed by atoms with E-state index >= 15 is 0 Å². The van der Waals surface area contributed by atoms with Crippen molar-refractivity contribution in [1.82, 2.24) is 0 Å². The molecule has 0 aromatic carbocycles. The van der Waals surface area contributed by atoms with E-state index in [1.165, 1.54) is 21.4 Å². The Balaban J connectivity index is -0.000000333. The monoisotopic (exact) mass is 312 g/mol. The molecule has 74 valence electrons. The SMILES string of the molecule is CC1=C(C)C([SiH3])C(C)=C1C.[Cl-].[Cl-].[Zr+2]. The number of hydrogen-bond acceptors (Lipinski definition) is 0. The molecule has 4 heteroatoms. The molecule has 0 aliphatic heterocycles. The van der Waals surface area contributed by atoms with Gasteiger partial charge in [-0.15, -0.1) is 0 Å². The van der Waals surface area contributed by atoms with Gasteiger partial charge < -0.3 is 24.8 Å². The summed E-state index contributed by atoms with van der Waals surface area (Å²) < 4.78 is 0. The van der Waals surface area contributed by atoms with Crippen molar-refractivity contribution in [2.45, 2.75) is 33.2 Å². The summed E-state index contributed by atoms with van der Waals surface area (Å²) in [5.41, 5.74) is 7.14. The van der Waals surface area contributed by atoms with E-state index in [-0.39, 0.29) is 51.0 Å². The number of halogens is 2. The van der Waals surface area contributed by atoms with Gasteiger partial charge in [-0.1, -0.05) is 11.1 Å². The van der Waals surface area contributed by atoms with Crippen LogP contribution in [-0.2, 0) is 26.2 Å². The predicted molar refractivity (Wildman–Crippen MR) is 50.4 cm³/mol. The molecule has 0 amide bonds. The van der Waals surface area contributed by atoms with Crippen LogP contribution in [0.4, 0.5) is 0 Å². The van der Waals surface area contributed by atoms with Crippen LogP contribution in [0.2, 0.25) is 5.54 Å². The fourth-order valence-electron chi connectivity index (χ4n) is 1.57. The summed E-state index contributed by atoms with van der Waals surface area (Å²) in [5, 5.41) is 0. The van der Waals surface area contributed by atoms with Crippen molar-refractivity contribution in [2.24, 2.45) is 0 Å². The second-order valence-electron chi connectivity index (χ2n) is 3.34. The van der Waals surface area contributed by atoms with E-state index in [0.717, 1.165) is 5.54 Å². The van der Waals surface area contributed by atoms with Gasteiger partial charge in [-0.2, -0.15) is 0 Å². The predicted octanol–water partition coefficient (Wildman–Crippen LogP) is -4.17. The van der Waals surface area contributed by atoms with Gasteiger partial charge in [0.1, 0.15) is 0 Å². The minimum atomic E-state index is 0. The maximum Gasteiger partial charge on any atom is 2.00 e. The summed E-state index contributed by atoms with van der Waals surface area (Å²) in [5.74, 6) is 0. The van der Waals surface area contributed by atoms with Gasteiger partial charge in [0, 0.05) is 10.2 Å². The van der Waals surface area contributed by atoms with Gasteiger partial charge in [0.2, 0.25) is 0 Å². The Bertz CT molecular complexity index is 210. The van der Waals surface area contributed by atoms with Crippen molar-refractivity contribution in [3.8, 4) is 0 Å². The van der Waals surface area contributed by atoms with Crippen LogP contribution in [0.15, 0.2) is 22.3 Å². The zero-order valence-electron chi connectivity index (χ0n) is 8.83. The van der Waals surface area contributed by atoms with Crippen molar-refractivity contribution >= 4 is 10.2 Å². The molecule has 0 aromatic heterocycles. The Labute approximate surface area is 116 Å². The largest absolute Gasteiger partial charge is 2.00 e. The molecule has 0 N–H and O–H groups in total. The standard InChI is InChI=1S/C9H16Si.2ClH.Zr/c1-5-6(2)8(4)9(10)7(5)3;;;/h9H,1-4,10H3;2*1H;/q;;;+2/p-2. The van der Waals surface area contributed by atoms with Crippen LogP contribution < -0.4 is 24.8 Å². The summed E-state index contributed by atoms with van der Waals surface area (Å²) >= 11 is 0. The number of allylic oxidation sites excluding steroid dienone is 4. The average molecular weight is 314 g/mol. The quantitative estimate of drug-likeness (QED) is 0.398. The maximum absolute atomic E-state index is 2.27. The second kappa shape index (κ2) is 7.45. The fourth-order valence-corrected chi connectivity index (χ4v) is 2.43. The van der Waals surface area contributed by atoms with Crippen LogP contribution >= 0.6 is 0 Å². The third kappa shape index (κ3) is 3.66. The van der Waals surface area contributed by atoms with E-state index in [9.17, 15) is 0 Å². The molecular weight excluding hydrogens is 298 g/mol. The van der Waals surface area contributed by atoms with E-state index in [2.05, 4.69) is 27.7 Å². The third-order valence-corrected chi connectivity index (χ3v) is 4.78. The second-order valence-corrected chi connectivity index (χ2v) is 4.49. The number of rotatable bonds is 0. The van der Waals surface area contributed by atoms with Crippen molar-refractivity contribution in [3.63, 3.8) is 0 Å². The first-order valence-corrected chi connectivity index (χ1v) is 5.06. The first kappa shape index (κ1) is 19.7. The minimum absolute atomic E-state index is 0.